The number of hydrogen-bond donors (Lipinski definition) is 4. The van der Waals surface area contributed by atoms with Crippen molar-refractivity contribution in [2.24, 2.45) is 0 Å². The highest BCUT2D eigenvalue weighted by Gasteiger charge is 2.27. The molecule has 190 valence electrons. The molecule has 0 unspecified atom stereocenters. The van der Waals surface area contributed by atoms with Crippen LogP contribution in [0, 0.1) is 0 Å². The Labute approximate surface area is 207 Å². The summed E-state index contributed by atoms with van der Waals surface area (Å²) in [6.07, 6.45) is 1.76. The first-order chi connectivity index (χ1) is 16.7. The summed E-state index contributed by atoms with van der Waals surface area (Å²) in [5.74, 6) is -0.602. The number of nitrogens with zero attached hydrogens (tertiary/aromatic N) is 1. The van der Waals surface area contributed by atoms with Gasteiger partial charge in [0.1, 0.15) is 0 Å². The monoisotopic (exact) mass is 502 g/mol. The van der Waals surface area contributed by atoms with Gasteiger partial charge in [0.15, 0.2) is 0 Å². The maximum atomic E-state index is 13.0. The first-order valence-electron chi connectivity index (χ1n) is 11.5. The van der Waals surface area contributed by atoms with Crippen molar-refractivity contribution in [3.05, 3.63) is 60.2 Å². The quantitative estimate of drug-likeness (QED) is 0.212. The second-order valence-electron chi connectivity index (χ2n) is 9.06. The van der Waals surface area contributed by atoms with E-state index < -0.39 is 15.9 Å². The van der Waals surface area contributed by atoms with Gasteiger partial charge >= 0.3 is 0 Å². The van der Waals surface area contributed by atoms with E-state index in [2.05, 4.69) is 24.5 Å². The number of ether oxygens (including phenoxy) is 1. The van der Waals surface area contributed by atoms with Crippen molar-refractivity contribution in [1.29, 1.82) is 0 Å². The van der Waals surface area contributed by atoms with Gasteiger partial charge in [0.05, 0.1) is 11.5 Å². The second kappa shape index (κ2) is 11.8. The average molecular weight is 503 g/mol. The zero-order valence-electron chi connectivity index (χ0n) is 20.4. The van der Waals surface area contributed by atoms with Crippen LogP contribution in [0.15, 0.2) is 65.1 Å². The van der Waals surface area contributed by atoms with E-state index in [1.165, 1.54) is 10.4 Å². The fraction of sp³-hybridized carbons (Fsp3) is 0.400. The zero-order valence-corrected chi connectivity index (χ0v) is 21.2. The maximum absolute atomic E-state index is 13.0. The summed E-state index contributed by atoms with van der Waals surface area (Å²) in [4.78, 5) is 11.7. The summed E-state index contributed by atoms with van der Waals surface area (Å²) >= 11 is 0. The molecule has 1 aliphatic heterocycles. The van der Waals surface area contributed by atoms with Crippen LogP contribution in [-0.4, -0.2) is 69.3 Å². The number of carbonyl (C=O) groups excluding carboxylic acids is 1. The molecule has 0 saturated heterocycles. The van der Waals surface area contributed by atoms with Crippen LogP contribution < -0.4 is 16.1 Å². The Kier molecular flexibility index (Phi) is 9.03. The highest BCUT2D eigenvalue weighted by molar-refractivity contribution is 7.89. The molecule has 0 fully saturated rings. The number of anilines is 1. The van der Waals surface area contributed by atoms with E-state index >= 15 is 0 Å². The average Bonchev–Trinajstić information content (AvgIpc) is 2.86. The predicted molar refractivity (Wildman–Crippen MR) is 136 cm³/mol. The van der Waals surface area contributed by atoms with Crippen LogP contribution in [0.4, 0.5) is 5.69 Å². The first-order valence-corrected chi connectivity index (χ1v) is 12.9. The third-order valence-corrected chi connectivity index (χ3v) is 7.72. The Morgan fingerprint density at radius 3 is 2.23 bits per heavy atom. The van der Waals surface area contributed by atoms with Gasteiger partial charge < -0.3 is 15.4 Å². The molecule has 0 aliphatic carbocycles. The van der Waals surface area contributed by atoms with Crippen molar-refractivity contribution in [2.75, 3.05) is 45.2 Å². The minimum absolute atomic E-state index is 0.0794. The largest absolute Gasteiger partial charge is 0.384 e. The van der Waals surface area contributed by atoms with Crippen molar-refractivity contribution in [3.8, 4) is 11.1 Å². The molecule has 3 rings (SSSR count). The summed E-state index contributed by atoms with van der Waals surface area (Å²) in [5.41, 5.74) is 4.78. The third kappa shape index (κ3) is 7.12. The van der Waals surface area contributed by atoms with Crippen molar-refractivity contribution in [3.63, 3.8) is 0 Å². The Morgan fingerprint density at radius 2 is 1.69 bits per heavy atom. The summed E-state index contributed by atoms with van der Waals surface area (Å²) in [7, 11) is -1.99. The predicted octanol–water partition coefficient (Wildman–Crippen LogP) is 2.61. The number of benzene rings is 2. The van der Waals surface area contributed by atoms with Crippen molar-refractivity contribution < 1.29 is 23.2 Å². The van der Waals surface area contributed by atoms with Gasteiger partial charge in [-0.3, -0.25) is 10.0 Å². The lowest BCUT2D eigenvalue weighted by Gasteiger charge is -2.25. The Hall–Kier alpha value is -2.76. The van der Waals surface area contributed by atoms with Gasteiger partial charge in [-0.2, -0.15) is 4.31 Å². The van der Waals surface area contributed by atoms with Crippen LogP contribution in [0.5, 0.6) is 0 Å². The lowest BCUT2D eigenvalue weighted by atomic mass is 10.1. The molecule has 1 amide bonds. The minimum Gasteiger partial charge on any atom is -0.384 e. The Bertz CT molecular complexity index is 1130. The number of methoxy groups -OCH3 is 1. The number of sulfonamides is 1. The van der Waals surface area contributed by atoms with Crippen LogP contribution in [0.1, 0.15) is 20.3 Å². The van der Waals surface area contributed by atoms with Crippen LogP contribution in [0.25, 0.3) is 11.1 Å². The van der Waals surface area contributed by atoms with Crippen LogP contribution in [0.3, 0.4) is 0 Å². The molecule has 35 heavy (non-hydrogen) atoms. The summed E-state index contributed by atoms with van der Waals surface area (Å²) < 4.78 is 32.5. The Balaban J connectivity index is 1.58. The van der Waals surface area contributed by atoms with Gasteiger partial charge in [0, 0.05) is 50.1 Å². The number of hydrogen-bond acceptors (Lipinski definition) is 7. The number of amides is 1. The van der Waals surface area contributed by atoms with Crippen LogP contribution in [-0.2, 0) is 19.6 Å². The van der Waals surface area contributed by atoms with Gasteiger partial charge in [-0.25, -0.2) is 13.9 Å². The number of rotatable bonds is 11. The Morgan fingerprint density at radius 1 is 1.06 bits per heavy atom. The lowest BCUT2D eigenvalue weighted by molar-refractivity contribution is -0.125. The van der Waals surface area contributed by atoms with E-state index in [1.807, 2.05) is 24.3 Å². The van der Waals surface area contributed by atoms with E-state index in [0.717, 1.165) is 29.9 Å². The molecule has 1 heterocycles. The van der Waals surface area contributed by atoms with Gasteiger partial charge in [0.2, 0.25) is 10.0 Å². The second-order valence-corrected chi connectivity index (χ2v) is 11.0. The fourth-order valence-corrected chi connectivity index (χ4v) is 5.30. The third-order valence-electron chi connectivity index (χ3n) is 5.84. The van der Waals surface area contributed by atoms with Crippen molar-refractivity contribution in [2.45, 2.75) is 30.7 Å². The molecule has 4 N–H and O–H groups in total. The molecule has 0 spiro atoms. The smallest absolute Gasteiger partial charge is 0.270 e. The van der Waals surface area contributed by atoms with E-state index in [0.29, 0.717) is 12.2 Å². The van der Waals surface area contributed by atoms with Gasteiger partial charge in [0.25, 0.3) is 5.91 Å². The molecule has 0 aromatic heterocycles. The van der Waals surface area contributed by atoms with Gasteiger partial charge in [-0.1, -0.05) is 30.3 Å². The molecule has 2 aromatic rings. The first kappa shape index (κ1) is 26.8. The SMILES string of the molecule is COCC(C)(C)NCCNc1ccc(-c2ccc(S(=O)(=O)N3CC=C(C(=O)NO)CC3)cc2)cc1. The molecule has 10 heteroatoms. The highest BCUT2D eigenvalue weighted by atomic mass is 32.2. The number of carbonyl (C=O) groups is 1. The highest BCUT2D eigenvalue weighted by Crippen LogP contribution is 2.25. The molecule has 1 aliphatic rings. The number of nitrogens with one attached hydrogen (secondary N) is 3. The molecule has 2 aromatic carbocycles. The molecular weight excluding hydrogens is 468 g/mol. The normalized spacial score (nSPS) is 14.9. The van der Waals surface area contributed by atoms with Crippen LogP contribution >= 0.6 is 0 Å². The van der Waals surface area contributed by atoms with Crippen molar-refractivity contribution in [1.82, 2.24) is 15.1 Å². The van der Waals surface area contributed by atoms with E-state index in [-0.39, 0.29) is 29.9 Å². The molecule has 0 saturated carbocycles. The van der Waals surface area contributed by atoms with Gasteiger partial charge in [-0.15, -0.1) is 0 Å². The standard InChI is InChI=1S/C25H34N4O5S/c1-25(2,18-34-3)27-15-14-26-22-8-4-19(5-9-22)20-6-10-23(11-7-20)35(32,33)29-16-12-21(13-17-29)24(30)28-31/h4-12,26-27,31H,13-18H2,1-3H3,(H,28,30). The maximum Gasteiger partial charge on any atom is 0.270 e. The number of hydroxylamine groups is 1. The molecular formula is C25H34N4O5S. The molecule has 0 bridgehead atoms. The van der Waals surface area contributed by atoms with E-state index in [1.54, 1.807) is 36.9 Å². The lowest BCUT2D eigenvalue weighted by Crippen LogP contribution is -2.45. The molecule has 9 nitrogen and oxygen atoms in total. The fourth-order valence-electron chi connectivity index (χ4n) is 3.92. The molecule has 0 radical (unpaired) electrons. The van der Waals surface area contributed by atoms with Crippen LogP contribution in [0.2, 0.25) is 0 Å². The van der Waals surface area contributed by atoms with E-state index in [4.69, 9.17) is 9.94 Å². The summed E-state index contributed by atoms with van der Waals surface area (Å²) in [6, 6.07) is 14.8. The summed E-state index contributed by atoms with van der Waals surface area (Å²) in [6.45, 7) is 6.67. The van der Waals surface area contributed by atoms with Crippen molar-refractivity contribution >= 4 is 21.6 Å². The zero-order chi connectivity index (χ0) is 25.5. The minimum atomic E-state index is -3.68. The van der Waals surface area contributed by atoms with Gasteiger partial charge in [-0.05, 0) is 55.7 Å². The molecule has 0 atom stereocenters. The topological polar surface area (TPSA) is 120 Å². The summed E-state index contributed by atoms with van der Waals surface area (Å²) in [5, 5.41) is 15.6. The van der Waals surface area contributed by atoms with E-state index in [9.17, 15) is 13.2 Å².